The maximum atomic E-state index is 11.6. The van der Waals surface area contributed by atoms with Gasteiger partial charge in [-0.05, 0) is 18.2 Å². The van der Waals surface area contributed by atoms with E-state index in [0.717, 1.165) is 15.6 Å². The molecular weight excluding hydrogens is 276 g/mol. The molecule has 100 valence electrons. The second kappa shape index (κ2) is 4.92. The van der Waals surface area contributed by atoms with Crippen molar-refractivity contribution < 1.29 is 5.11 Å². The highest BCUT2D eigenvalue weighted by Gasteiger charge is 2.10. The van der Waals surface area contributed by atoms with Gasteiger partial charge in [0.25, 0.3) is 5.56 Å². The number of anilines is 1. The molecule has 0 fully saturated rings. The molecule has 0 unspecified atom stereocenters. The summed E-state index contributed by atoms with van der Waals surface area (Å²) in [6.07, 6.45) is 0. The van der Waals surface area contributed by atoms with E-state index >= 15 is 0 Å². The quantitative estimate of drug-likeness (QED) is 0.675. The lowest BCUT2D eigenvalue weighted by molar-refractivity contribution is 0.311. The SMILES string of the molecule is N#Cc1cc2c(ccc3sc(NCCO)nc32)[nH]c1=O. The molecule has 0 saturated heterocycles. The van der Waals surface area contributed by atoms with Crippen LogP contribution in [0.25, 0.3) is 21.1 Å². The first kappa shape index (κ1) is 12.6. The summed E-state index contributed by atoms with van der Waals surface area (Å²) < 4.78 is 0.953. The molecule has 6 nitrogen and oxygen atoms in total. The Morgan fingerprint density at radius 2 is 2.35 bits per heavy atom. The number of H-pyrrole nitrogens is 1. The van der Waals surface area contributed by atoms with Crippen molar-refractivity contribution in [1.29, 1.82) is 5.26 Å². The molecule has 2 aromatic heterocycles. The first-order valence-corrected chi connectivity index (χ1v) is 6.76. The van der Waals surface area contributed by atoms with Gasteiger partial charge >= 0.3 is 0 Å². The molecule has 0 aliphatic rings. The van der Waals surface area contributed by atoms with Crippen molar-refractivity contribution in [3.8, 4) is 6.07 Å². The van der Waals surface area contributed by atoms with Gasteiger partial charge < -0.3 is 15.4 Å². The van der Waals surface area contributed by atoms with Crippen LogP contribution < -0.4 is 10.9 Å². The van der Waals surface area contributed by atoms with Gasteiger partial charge in [0.05, 0.1) is 22.3 Å². The zero-order chi connectivity index (χ0) is 14.1. The molecule has 1 aromatic carbocycles. The van der Waals surface area contributed by atoms with Crippen molar-refractivity contribution in [2.45, 2.75) is 0 Å². The minimum absolute atomic E-state index is 0.0303. The lowest BCUT2D eigenvalue weighted by Crippen LogP contribution is -2.09. The van der Waals surface area contributed by atoms with E-state index in [1.807, 2.05) is 12.1 Å². The van der Waals surface area contributed by atoms with Crippen LogP contribution in [-0.2, 0) is 0 Å². The number of nitrogens with zero attached hydrogens (tertiary/aromatic N) is 2. The summed E-state index contributed by atoms with van der Waals surface area (Å²) in [5, 5.41) is 22.2. The number of aromatic amines is 1. The third-order valence-corrected chi connectivity index (χ3v) is 3.87. The van der Waals surface area contributed by atoms with Crippen LogP contribution in [0.3, 0.4) is 0 Å². The maximum absolute atomic E-state index is 11.6. The normalized spacial score (nSPS) is 10.8. The van der Waals surface area contributed by atoms with Crippen molar-refractivity contribution in [2.75, 3.05) is 18.5 Å². The highest BCUT2D eigenvalue weighted by Crippen LogP contribution is 2.30. The summed E-state index contributed by atoms with van der Waals surface area (Å²) in [6, 6.07) is 7.11. The molecule has 3 aromatic rings. The predicted octanol–water partition coefficient (Wildman–Crippen LogP) is 1.41. The van der Waals surface area contributed by atoms with Crippen molar-refractivity contribution in [3.63, 3.8) is 0 Å². The molecule has 0 atom stereocenters. The molecule has 0 radical (unpaired) electrons. The first-order valence-electron chi connectivity index (χ1n) is 5.94. The molecule has 0 saturated carbocycles. The van der Waals surface area contributed by atoms with Crippen molar-refractivity contribution in [3.05, 3.63) is 34.1 Å². The third-order valence-electron chi connectivity index (χ3n) is 2.89. The highest BCUT2D eigenvalue weighted by molar-refractivity contribution is 7.22. The number of aliphatic hydroxyl groups excluding tert-OH is 1. The molecule has 0 aliphatic carbocycles. The predicted molar refractivity (Wildman–Crippen MR) is 78.0 cm³/mol. The van der Waals surface area contributed by atoms with Gasteiger partial charge in [-0.2, -0.15) is 5.26 Å². The summed E-state index contributed by atoms with van der Waals surface area (Å²) in [4.78, 5) is 18.7. The Bertz CT molecular complexity index is 891. The number of rotatable bonds is 3. The van der Waals surface area contributed by atoms with E-state index in [9.17, 15) is 4.79 Å². The number of aliphatic hydroxyl groups is 1. The van der Waals surface area contributed by atoms with Crippen LogP contribution in [0.1, 0.15) is 5.56 Å². The van der Waals surface area contributed by atoms with Crippen molar-refractivity contribution >= 4 is 37.6 Å². The van der Waals surface area contributed by atoms with Gasteiger partial charge in [-0.3, -0.25) is 4.79 Å². The number of benzene rings is 1. The number of hydrogen-bond donors (Lipinski definition) is 3. The zero-order valence-electron chi connectivity index (χ0n) is 10.3. The molecule has 3 rings (SSSR count). The largest absolute Gasteiger partial charge is 0.395 e. The van der Waals surface area contributed by atoms with Gasteiger partial charge in [0.15, 0.2) is 5.13 Å². The first-order chi connectivity index (χ1) is 9.72. The van der Waals surface area contributed by atoms with Crippen molar-refractivity contribution in [1.82, 2.24) is 9.97 Å². The fourth-order valence-corrected chi connectivity index (χ4v) is 2.90. The molecular formula is C13H10N4O2S. The number of thiazole rings is 1. The fourth-order valence-electron chi connectivity index (χ4n) is 1.99. The number of fused-ring (bicyclic) bond motifs is 3. The van der Waals surface area contributed by atoms with E-state index in [0.29, 0.717) is 17.2 Å². The van der Waals surface area contributed by atoms with Crippen LogP contribution in [0.5, 0.6) is 0 Å². The molecule has 3 N–H and O–H groups in total. The molecule has 2 heterocycles. The highest BCUT2D eigenvalue weighted by atomic mass is 32.1. The van der Waals surface area contributed by atoms with Gasteiger partial charge in [0, 0.05) is 11.9 Å². The van der Waals surface area contributed by atoms with E-state index in [4.69, 9.17) is 10.4 Å². The van der Waals surface area contributed by atoms with Crippen LogP contribution in [-0.4, -0.2) is 28.2 Å². The number of aromatic nitrogens is 2. The summed E-state index contributed by atoms with van der Waals surface area (Å²) in [5.41, 5.74) is 1.07. The maximum Gasteiger partial charge on any atom is 0.266 e. The van der Waals surface area contributed by atoms with E-state index in [1.165, 1.54) is 11.3 Å². The Morgan fingerprint density at radius 1 is 1.50 bits per heavy atom. The molecule has 0 spiro atoms. The van der Waals surface area contributed by atoms with Crippen LogP contribution in [0.4, 0.5) is 5.13 Å². The monoisotopic (exact) mass is 286 g/mol. The molecule has 0 aliphatic heterocycles. The lowest BCUT2D eigenvalue weighted by atomic mass is 10.1. The van der Waals surface area contributed by atoms with Gasteiger partial charge in [0.1, 0.15) is 11.6 Å². The van der Waals surface area contributed by atoms with Crippen molar-refractivity contribution in [2.24, 2.45) is 0 Å². The fraction of sp³-hybridized carbons (Fsp3) is 0.154. The minimum atomic E-state index is -0.395. The number of hydrogen-bond acceptors (Lipinski definition) is 6. The third kappa shape index (κ3) is 2.01. The molecule has 20 heavy (non-hydrogen) atoms. The average molecular weight is 286 g/mol. The number of nitriles is 1. The second-order valence-electron chi connectivity index (χ2n) is 4.17. The molecule has 7 heteroatoms. The topological polar surface area (TPSA) is 102 Å². The Labute approximate surface area is 117 Å². The Hall–Kier alpha value is -2.43. The van der Waals surface area contributed by atoms with Crippen LogP contribution in [0.15, 0.2) is 23.0 Å². The summed E-state index contributed by atoms with van der Waals surface area (Å²) in [5.74, 6) is 0. The Morgan fingerprint density at radius 3 is 3.10 bits per heavy atom. The smallest absolute Gasteiger partial charge is 0.266 e. The number of nitrogens with one attached hydrogen (secondary N) is 2. The van der Waals surface area contributed by atoms with E-state index in [-0.39, 0.29) is 12.2 Å². The average Bonchev–Trinajstić information content (AvgIpc) is 2.87. The summed E-state index contributed by atoms with van der Waals surface area (Å²) in [7, 11) is 0. The van der Waals surface area contributed by atoms with Crippen LogP contribution in [0.2, 0.25) is 0 Å². The summed E-state index contributed by atoms with van der Waals surface area (Å²) in [6.45, 7) is 0.459. The van der Waals surface area contributed by atoms with E-state index < -0.39 is 5.56 Å². The van der Waals surface area contributed by atoms with Gasteiger partial charge in [-0.25, -0.2) is 4.98 Å². The second-order valence-corrected chi connectivity index (χ2v) is 5.20. The number of pyridine rings is 1. The van der Waals surface area contributed by atoms with Crippen LogP contribution in [0, 0.1) is 11.3 Å². The Balaban J connectivity index is 2.26. The molecule has 0 amide bonds. The van der Waals surface area contributed by atoms with Gasteiger partial charge in [-0.1, -0.05) is 11.3 Å². The lowest BCUT2D eigenvalue weighted by Gasteiger charge is -1.98. The van der Waals surface area contributed by atoms with Crippen LogP contribution >= 0.6 is 11.3 Å². The standard InChI is InChI=1S/C13H10N4O2S/c14-6-7-5-8-9(16-12(7)19)1-2-10-11(8)17-13(20-10)15-3-4-18/h1-2,5,18H,3-4H2,(H,15,17)(H,16,19). The summed E-state index contributed by atoms with van der Waals surface area (Å²) >= 11 is 1.46. The van der Waals surface area contributed by atoms with E-state index in [2.05, 4.69) is 15.3 Å². The minimum Gasteiger partial charge on any atom is -0.395 e. The zero-order valence-corrected chi connectivity index (χ0v) is 11.1. The molecule has 0 bridgehead atoms. The van der Waals surface area contributed by atoms with E-state index in [1.54, 1.807) is 12.1 Å². The van der Waals surface area contributed by atoms with Gasteiger partial charge in [-0.15, -0.1) is 0 Å². The Kier molecular flexibility index (Phi) is 3.10. The van der Waals surface area contributed by atoms with Gasteiger partial charge in [0.2, 0.25) is 0 Å².